The van der Waals surface area contributed by atoms with Gasteiger partial charge in [0, 0.05) is 18.1 Å². The predicted molar refractivity (Wildman–Crippen MR) is 63.3 cm³/mol. The molecule has 0 aliphatic carbocycles. The maximum Gasteiger partial charge on any atom is 0.411 e. The first-order chi connectivity index (χ1) is 8.14. The molecule has 1 N–H and O–H groups in total. The molecule has 0 fully saturated rings. The maximum absolute atomic E-state index is 11.9. The first-order valence-corrected chi connectivity index (χ1v) is 7.75. The lowest BCUT2D eigenvalue weighted by atomic mass is 10.2. The molecule has 0 heterocycles. The standard InChI is InChI=1S/C10H20F3NO3S/c1-3-14-9(5-4-6-18(2,15)16)7-17-8-10(11,12)13/h9,14H,3-8H2,1-2H3. The average molecular weight is 291 g/mol. The highest BCUT2D eigenvalue weighted by Gasteiger charge is 2.27. The third kappa shape index (κ3) is 12.1. The second kappa shape index (κ2) is 7.96. The van der Waals surface area contributed by atoms with Crippen molar-refractivity contribution >= 4 is 9.84 Å². The molecular formula is C10H20F3NO3S. The molecule has 4 nitrogen and oxygen atoms in total. The number of ether oxygens (including phenoxy) is 1. The van der Waals surface area contributed by atoms with Crippen LogP contribution in [-0.4, -0.2) is 52.4 Å². The van der Waals surface area contributed by atoms with E-state index in [0.29, 0.717) is 19.4 Å². The van der Waals surface area contributed by atoms with Gasteiger partial charge in [0.2, 0.25) is 0 Å². The summed E-state index contributed by atoms with van der Waals surface area (Å²) in [6, 6.07) is -0.251. The van der Waals surface area contributed by atoms with Crippen molar-refractivity contribution in [3.8, 4) is 0 Å². The normalized spacial score (nSPS) is 14.7. The van der Waals surface area contributed by atoms with Crippen LogP contribution >= 0.6 is 0 Å². The first kappa shape index (κ1) is 17.7. The molecule has 0 amide bonds. The van der Waals surface area contributed by atoms with Gasteiger partial charge in [0.1, 0.15) is 16.4 Å². The Hall–Kier alpha value is -0.340. The lowest BCUT2D eigenvalue weighted by Crippen LogP contribution is -2.35. The molecule has 0 aliphatic heterocycles. The van der Waals surface area contributed by atoms with Crippen molar-refractivity contribution in [3.05, 3.63) is 0 Å². The molecule has 0 bridgehead atoms. The van der Waals surface area contributed by atoms with Crippen molar-refractivity contribution in [2.45, 2.75) is 32.0 Å². The van der Waals surface area contributed by atoms with E-state index in [9.17, 15) is 21.6 Å². The third-order valence-corrected chi connectivity index (χ3v) is 3.18. The monoisotopic (exact) mass is 291 g/mol. The van der Waals surface area contributed by atoms with E-state index in [1.165, 1.54) is 0 Å². The van der Waals surface area contributed by atoms with Crippen molar-refractivity contribution in [1.29, 1.82) is 0 Å². The Bertz CT molecular complexity index is 317. The summed E-state index contributed by atoms with van der Waals surface area (Å²) in [5.74, 6) is 0.0359. The van der Waals surface area contributed by atoms with E-state index in [1.54, 1.807) is 0 Å². The largest absolute Gasteiger partial charge is 0.411 e. The van der Waals surface area contributed by atoms with Crippen molar-refractivity contribution in [2.75, 3.05) is 31.8 Å². The average Bonchev–Trinajstić information content (AvgIpc) is 2.13. The van der Waals surface area contributed by atoms with Crippen LogP contribution in [0.4, 0.5) is 13.2 Å². The van der Waals surface area contributed by atoms with Gasteiger partial charge in [0.25, 0.3) is 0 Å². The van der Waals surface area contributed by atoms with Gasteiger partial charge in [-0.3, -0.25) is 0 Å². The Morgan fingerprint density at radius 2 is 1.94 bits per heavy atom. The van der Waals surface area contributed by atoms with E-state index in [1.807, 2.05) is 6.92 Å². The molecule has 0 saturated carbocycles. The van der Waals surface area contributed by atoms with Crippen LogP contribution in [-0.2, 0) is 14.6 Å². The molecule has 110 valence electrons. The zero-order chi connectivity index (χ0) is 14.2. The predicted octanol–water partition coefficient (Wildman–Crippen LogP) is 1.37. The molecular weight excluding hydrogens is 271 g/mol. The van der Waals surface area contributed by atoms with E-state index < -0.39 is 22.6 Å². The number of hydrogen-bond donors (Lipinski definition) is 1. The minimum absolute atomic E-state index is 0.0359. The van der Waals surface area contributed by atoms with E-state index in [4.69, 9.17) is 0 Å². The van der Waals surface area contributed by atoms with Crippen LogP contribution < -0.4 is 5.32 Å². The summed E-state index contributed by atoms with van der Waals surface area (Å²) in [4.78, 5) is 0. The van der Waals surface area contributed by atoms with E-state index >= 15 is 0 Å². The van der Waals surface area contributed by atoms with Gasteiger partial charge in [-0.05, 0) is 19.4 Å². The summed E-state index contributed by atoms with van der Waals surface area (Å²) in [7, 11) is -3.03. The van der Waals surface area contributed by atoms with Crippen molar-refractivity contribution in [3.63, 3.8) is 0 Å². The molecule has 8 heteroatoms. The van der Waals surface area contributed by atoms with Gasteiger partial charge in [0.05, 0.1) is 6.61 Å². The van der Waals surface area contributed by atoms with Crippen LogP contribution in [0.5, 0.6) is 0 Å². The second-order valence-corrected chi connectivity index (χ2v) is 6.42. The molecule has 1 unspecified atom stereocenters. The SMILES string of the molecule is CCNC(CCCS(C)(=O)=O)COCC(F)(F)F. The van der Waals surface area contributed by atoms with Crippen molar-refractivity contribution in [2.24, 2.45) is 0 Å². The van der Waals surface area contributed by atoms with Gasteiger partial charge in [-0.1, -0.05) is 6.92 Å². The smallest absolute Gasteiger partial charge is 0.370 e. The Morgan fingerprint density at radius 1 is 1.33 bits per heavy atom. The highest BCUT2D eigenvalue weighted by atomic mass is 32.2. The fraction of sp³-hybridized carbons (Fsp3) is 1.00. The zero-order valence-electron chi connectivity index (χ0n) is 10.6. The number of alkyl halides is 3. The summed E-state index contributed by atoms with van der Waals surface area (Å²) in [5, 5.41) is 2.97. The summed E-state index contributed by atoms with van der Waals surface area (Å²) < 4.78 is 62.0. The maximum atomic E-state index is 11.9. The molecule has 0 spiro atoms. The van der Waals surface area contributed by atoms with Gasteiger partial charge in [-0.2, -0.15) is 13.2 Å². The van der Waals surface area contributed by atoms with E-state index in [2.05, 4.69) is 10.1 Å². The van der Waals surface area contributed by atoms with Crippen LogP contribution in [0.2, 0.25) is 0 Å². The highest BCUT2D eigenvalue weighted by Crippen LogP contribution is 2.14. The number of rotatable bonds is 9. The molecule has 0 aromatic carbocycles. The summed E-state index contributed by atoms with van der Waals surface area (Å²) in [6.07, 6.45) is -2.32. The van der Waals surface area contributed by atoms with Gasteiger partial charge in [0.15, 0.2) is 0 Å². The third-order valence-electron chi connectivity index (χ3n) is 2.15. The summed E-state index contributed by atoms with van der Waals surface area (Å²) >= 11 is 0. The molecule has 0 radical (unpaired) electrons. The fourth-order valence-corrected chi connectivity index (χ4v) is 2.13. The molecule has 0 saturated heterocycles. The Kier molecular flexibility index (Phi) is 7.81. The number of sulfone groups is 1. The lowest BCUT2D eigenvalue weighted by molar-refractivity contribution is -0.175. The van der Waals surface area contributed by atoms with Gasteiger partial charge in [-0.15, -0.1) is 0 Å². The van der Waals surface area contributed by atoms with Gasteiger partial charge in [-0.25, -0.2) is 8.42 Å². The van der Waals surface area contributed by atoms with Crippen LogP contribution in [0.15, 0.2) is 0 Å². The minimum Gasteiger partial charge on any atom is -0.370 e. The minimum atomic E-state index is -4.33. The molecule has 1 atom stereocenters. The van der Waals surface area contributed by atoms with Crippen molar-refractivity contribution < 1.29 is 26.3 Å². The topological polar surface area (TPSA) is 55.4 Å². The highest BCUT2D eigenvalue weighted by molar-refractivity contribution is 7.90. The lowest BCUT2D eigenvalue weighted by Gasteiger charge is -2.18. The number of likely N-dealkylation sites (N-methyl/N-ethyl adjacent to an activating group) is 1. The first-order valence-electron chi connectivity index (χ1n) is 5.69. The molecule has 0 aromatic rings. The molecule has 0 rings (SSSR count). The van der Waals surface area contributed by atoms with E-state index in [-0.39, 0.29) is 18.4 Å². The molecule has 0 aliphatic rings. The summed E-state index contributed by atoms with van der Waals surface area (Å²) in [6.45, 7) is 1.07. The fourth-order valence-electron chi connectivity index (χ4n) is 1.44. The number of halogens is 3. The Balaban J connectivity index is 3.92. The van der Waals surface area contributed by atoms with Crippen LogP contribution in [0.25, 0.3) is 0 Å². The van der Waals surface area contributed by atoms with Crippen molar-refractivity contribution in [1.82, 2.24) is 5.32 Å². The van der Waals surface area contributed by atoms with Gasteiger partial charge >= 0.3 is 6.18 Å². The Morgan fingerprint density at radius 3 is 2.39 bits per heavy atom. The van der Waals surface area contributed by atoms with Crippen LogP contribution in [0.1, 0.15) is 19.8 Å². The second-order valence-electron chi connectivity index (χ2n) is 4.16. The summed E-state index contributed by atoms with van der Waals surface area (Å²) in [5.41, 5.74) is 0. The number of nitrogens with one attached hydrogen (secondary N) is 1. The zero-order valence-corrected chi connectivity index (χ0v) is 11.4. The quantitative estimate of drug-likeness (QED) is 0.697. The van der Waals surface area contributed by atoms with E-state index in [0.717, 1.165) is 6.26 Å². The van der Waals surface area contributed by atoms with Gasteiger partial charge < -0.3 is 10.1 Å². The molecule has 18 heavy (non-hydrogen) atoms. The molecule has 0 aromatic heterocycles. The van der Waals surface area contributed by atoms with Crippen LogP contribution in [0.3, 0.4) is 0 Å². The van der Waals surface area contributed by atoms with Crippen LogP contribution in [0, 0.1) is 0 Å². The number of hydrogen-bond acceptors (Lipinski definition) is 4. The Labute approximate surface area is 106 Å².